The van der Waals surface area contributed by atoms with Gasteiger partial charge in [0.15, 0.2) is 0 Å². The molecule has 2 heterocycles. The predicted octanol–water partition coefficient (Wildman–Crippen LogP) is 1.96. The first kappa shape index (κ1) is 16.6. The van der Waals surface area contributed by atoms with Gasteiger partial charge in [0.1, 0.15) is 11.9 Å². The highest BCUT2D eigenvalue weighted by Gasteiger charge is 2.24. The molecule has 134 valence electrons. The number of carbonyl (C=O) groups is 1. The van der Waals surface area contributed by atoms with Crippen LogP contribution in [0.5, 0.6) is 5.75 Å². The summed E-state index contributed by atoms with van der Waals surface area (Å²) in [6.45, 7) is 1.77. The Morgan fingerprint density at radius 2 is 2.08 bits per heavy atom. The standard InChI is InChI=1S/C19H20N4O3/c1-25-14-8-6-13(7-9-14)23-16-5-3-2-4-15(16)21-19(23)22-18(24)17-12-20-10-11-26-17/h2-9,17,20H,10-12H2,1H3,(H,21,22,24). The lowest BCUT2D eigenvalue weighted by atomic mass is 10.2. The number of amides is 1. The van der Waals surface area contributed by atoms with Crippen LogP contribution in [0, 0.1) is 0 Å². The molecule has 2 aromatic carbocycles. The molecule has 1 aliphatic rings. The molecule has 0 aliphatic carbocycles. The van der Waals surface area contributed by atoms with Gasteiger partial charge in [0.2, 0.25) is 5.95 Å². The second kappa shape index (κ2) is 7.15. The van der Waals surface area contributed by atoms with Crippen molar-refractivity contribution in [2.24, 2.45) is 0 Å². The Morgan fingerprint density at radius 1 is 1.27 bits per heavy atom. The van der Waals surface area contributed by atoms with Crippen LogP contribution in [0.25, 0.3) is 16.7 Å². The minimum Gasteiger partial charge on any atom is -0.497 e. The van der Waals surface area contributed by atoms with Crippen molar-refractivity contribution in [3.8, 4) is 11.4 Å². The lowest BCUT2D eigenvalue weighted by Gasteiger charge is -2.22. The number of rotatable bonds is 4. The topological polar surface area (TPSA) is 77.4 Å². The molecule has 7 nitrogen and oxygen atoms in total. The first-order valence-corrected chi connectivity index (χ1v) is 8.51. The minimum absolute atomic E-state index is 0.206. The number of carbonyl (C=O) groups excluding carboxylic acids is 1. The quantitative estimate of drug-likeness (QED) is 0.751. The van der Waals surface area contributed by atoms with Crippen LogP contribution >= 0.6 is 0 Å². The van der Waals surface area contributed by atoms with Crippen molar-refractivity contribution in [3.05, 3.63) is 48.5 Å². The molecule has 0 saturated carbocycles. The van der Waals surface area contributed by atoms with E-state index in [9.17, 15) is 4.79 Å². The van der Waals surface area contributed by atoms with Gasteiger partial charge in [0.05, 0.1) is 24.8 Å². The van der Waals surface area contributed by atoms with E-state index in [4.69, 9.17) is 9.47 Å². The molecule has 1 fully saturated rings. The fraction of sp³-hybridized carbons (Fsp3) is 0.263. The molecule has 1 aromatic heterocycles. The maximum Gasteiger partial charge on any atom is 0.257 e. The maximum atomic E-state index is 12.6. The second-order valence-electron chi connectivity index (χ2n) is 6.01. The average Bonchev–Trinajstić information content (AvgIpc) is 3.06. The highest BCUT2D eigenvalue weighted by Crippen LogP contribution is 2.26. The predicted molar refractivity (Wildman–Crippen MR) is 98.9 cm³/mol. The Morgan fingerprint density at radius 3 is 2.81 bits per heavy atom. The number of anilines is 1. The number of para-hydroxylation sites is 2. The molecule has 0 bridgehead atoms. The van der Waals surface area contributed by atoms with Crippen LogP contribution in [0.1, 0.15) is 0 Å². The first-order chi connectivity index (χ1) is 12.8. The first-order valence-electron chi connectivity index (χ1n) is 8.51. The van der Waals surface area contributed by atoms with Crippen LogP contribution in [0.3, 0.4) is 0 Å². The van der Waals surface area contributed by atoms with E-state index in [2.05, 4.69) is 15.6 Å². The number of methoxy groups -OCH3 is 1. The Bertz CT molecular complexity index is 914. The number of hydrogen-bond acceptors (Lipinski definition) is 5. The summed E-state index contributed by atoms with van der Waals surface area (Å²) in [6, 6.07) is 15.4. The third kappa shape index (κ3) is 3.14. The molecular weight excluding hydrogens is 332 g/mol. The van der Waals surface area contributed by atoms with Gasteiger partial charge in [-0.15, -0.1) is 0 Å². The maximum absolute atomic E-state index is 12.6. The number of imidazole rings is 1. The van der Waals surface area contributed by atoms with Crippen molar-refractivity contribution < 1.29 is 14.3 Å². The van der Waals surface area contributed by atoms with Crippen LogP contribution in [-0.2, 0) is 9.53 Å². The van der Waals surface area contributed by atoms with Crippen LogP contribution in [0.15, 0.2) is 48.5 Å². The van der Waals surface area contributed by atoms with Crippen LogP contribution < -0.4 is 15.4 Å². The number of ether oxygens (including phenoxy) is 2. The zero-order valence-electron chi connectivity index (χ0n) is 14.4. The molecule has 1 amide bonds. The van der Waals surface area contributed by atoms with Crippen LogP contribution in [0.4, 0.5) is 5.95 Å². The summed E-state index contributed by atoms with van der Waals surface area (Å²) in [7, 11) is 1.63. The lowest BCUT2D eigenvalue weighted by Crippen LogP contribution is -2.45. The molecule has 26 heavy (non-hydrogen) atoms. The monoisotopic (exact) mass is 352 g/mol. The SMILES string of the molecule is COc1ccc(-n2c(NC(=O)C3CNCCO3)nc3ccccc32)cc1. The summed E-state index contributed by atoms with van der Waals surface area (Å²) in [5.74, 6) is 1.03. The lowest BCUT2D eigenvalue weighted by molar-refractivity contribution is -0.128. The highest BCUT2D eigenvalue weighted by molar-refractivity contribution is 5.95. The van der Waals surface area contributed by atoms with E-state index in [1.807, 2.05) is 53.1 Å². The molecule has 1 saturated heterocycles. The Kier molecular flexibility index (Phi) is 4.55. The molecule has 0 radical (unpaired) electrons. The van der Waals surface area contributed by atoms with Gasteiger partial charge in [-0.2, -0.15) is 0 Å². The van der Waals surface area contributed by atoms with E-state index in [0.29, 0.717) is 19.1 Å². The van der Waals surface area contributed by atoms with Crippen molar-refractivity contribution in [3.63, 3.8) is 0 Å². The van der Waals surface area contributed by atoms with Gasteiger partial charge in [-0.3, -0.25) is 14.7 Å². The number of benzene rings is 2. The fourth-order valence-corrected chi connectivity index (χ4v) is 3.03. The van der Waals surface area contributed by atoms with Crippen molar-refractivity contribution >= 4 is 22.9 Å². The van der Waals surface area contributed by atoms with Crippen molar-refractivity contribution in [2.45, 2.75) is 6.10 Å². The van der Waals surface area contributed by atoms with E-state index < -0.39 is 6.10 Å². The Balaban J connectivity index is 1.72. The van der Waals surface area contributed by atoms with Gasteiger partial charge in [-0.25, -0.2) is 4.98 Å². The molecule has 1 aliphatic heterocycles. The number of nitrogens with zero attached hydrogens (tertiary/aromatic N) is 2. The molecule has 7 heteroatoms. The summed E-state index contributed by atoms with van der Waals surface area (Å²) < 4.78 is 12.7. The summed E-state index contributed by atoms with van der Waals surface area (Å²) in [5, 5.41) is 6.07. The van der Waals surface area contributed by atoms with Crippen molar-refractivity contribution in [1.82, 2.24) is 14.9 Å². The fourth-order valence-electron chi connectivity index (χ4n) is 3.03. The largest absolute Gasteiger partial charge is 0.497 e. The summed E-state index contributed by atoms with van der Waals surface area (Å²) in [5.41, 5.74) is 2.61. The van der Waals surface area contributed by atoms with Crippen LogP contribution in [0.2, 0.25) is 0 Å². The number of fused-ring (bicyclic) bond motifs is 1. The van der Waals surface area contributed by atoms with Gasteiger partial charge in [-0.05, 0) is 36.4 Å². The number of aromatic nitrogens is 2. The average molecular weight is 352 g/mol. The van der Waals surface area contributed by atoms with E-state index >= 15 is 0 Å². The third-order valence-electron chi connectivity index (χ3n) is 4.35. The number of morpholine rings is 1. The number of hydrogen-bond donors (Lipinski definition) is 2. The van der Waals surface area contributed by atoms with Gasteiger partial charge in [0.25, 0.3) is 5.91 Å². The molecule has 3 aromatic rings. The van der Waals surface area contributed by atoms with E-state index in [-0.39, 0.29) is 5.91 Å². The Hall–Kier alpha value is -2.90. The third-order valence-corrected chi connectivity index (χ3v) is 4.35. The highest BCUT2D eigenvalue weighted by atomic mass is 16.5. The van der Waals surface area contributed by atoms with E-state index in [1.54, 1.807) is 7.11 Å². The van der Waals surface area contributed by atoms with Crippen molar-refractivity contribution in [2.75, 3.05) is 32.1 Å². The zero-order valence-corrected chi connectivity index (χ0v) is 14.4. The molecule has 2 N–H and O–H groups in total. The normalized spacial score (nSPS) is 17.2. The number of nitrogens with one attached hydrogen (secondary N) is 2. The van der Waals surface area contributed by atoms with Gasteiger partial charge in [0, 0.05) is 18.8 Å². The summed E-state index contributed by atoms with van der Waals surface area (Å²) in [6.07, 6.45) is -0.520. The summed E-state index contributed by atoms with van der Waals surface area (Å²) >= 11 is 0. The molecule has 4 rings (SSSR count). The zero-order chi connectivity index (χ0) is 17.9. The smallest absolute Gasteiger partial charge is 0.257 e. The molecule has 0 spiro atoms. The van der Waals surface area contributed by atoms with Crippen LogP contribution in [-0.4, -0.2) is 48.4 Å². The second-order valence-corrected chi connectivity index (χ2v) is 6.01. The van der Waals surface area contributed by atoms with Gasteiger partial charge >= 0.3 is 0 Å². The Labute approximate surface area is 150 Å². The minimum atomic E-state index is -0.520. The van der Waals surface area contributed by atoms with Gasteiger partial charge in [-0.1, -0.05) is 12.1 Å². The molecule has 1 unspecified atom stereocenters. The molecular formula is C19H20N4O3. The van der Waals surface area contributed by atoms with Crippen molar-refractivity contribution in [1.29, 1.82) is 0 Å². The summed E-state index contributed by atoms with van der Waals surface area (Å²) in [4.78, 5) is 17.2. The van der Waals surface area contributed by atoms with E-state index in [0.717, 1.165) is 29.0 Å². The van der Waals surface area contributed by atoms with E-state index in [1.165, 1.54) is 0 Å². The van der Waals surface area contributed by atoms with Gasteiger partial charge < -0.3 is 14.8 Å². The molecule has 1 atom stereocenters.